The third kappa shape index (κ3) is 7.71. The van der Waals surface area contributed by atoms with Crippen molar-refractivity contribution in [2.24, 2.45) is 0 Å². The van der Waals surface area contributed by atoms with Crippen molar-refractivity contribution >= 4 is 50.4 Å². The number of carbonyl (C=O) groups is 1. The zero-order valence-corrected chi connectivity index (χ0v) is 31.8. The number of halogens is 20. The van der Waals surface area contributed by atoms with E-state index in [-0.39, 0.29) is 18.0 Å². The number of aromatic nitrogens is 1. The second kappa shape index (κ2) is 18.0. The van der Waals surface area contributed by atoms with Gasteiger partial charge in [0.25, 0.3) is 0 Å². The predicted molar refractivity (Wildman–Crippen MR) is 191 cm³/mol. The molecule has 1 heterocycles. The molecule has 348 valence electrons. The predicted octanol–water partition coefficient (Wildman–Crippen LogP) is 8.76. The van der Waals surface area contributed by atoms with Crippen LogP contribution in [0.25, 0.3) is 10.9 Å². The Hall–Kier alpha value is -7.54. The molecule has 26 heteroatoms. The first-order valence-electron chi connectivity index (χ1n) is 17.7. The number of fused-ring (bicyclic) bond motifs is 1. The number of carbonyl (C=O) groups excluding carboxylic acids is 1. The monoisotopic (exact) mass is 972 g/mol. The second-order valence-electron chi connectivity index (χ2n) is 13.7. The lowest BCUT2D eigenvalue weighted by Gasteiger charge is -2.44. The number of pyridine rings is 1. The van der Waals surface area contributed by atoms with Crippen LogP contribution in [-0.4, -0.2) is 16.9 Å². The molecule has 67 heavy (non-hydrogen) atoms. The number of benzene rings is 6. The van der Waals surface area contributed by atoms with Gasteiger partial charge in [-0.15, -0.1) is 21.9 Å². The van der Waals surface area contributed by atoms with Crippen LogP contribution in [0.5, 0.6) is 0 Å². The summed E-state index contributed by atoms with van der Waals surface area (Å²) in [6.45, 7) is 0.0617. The maximum atomic E-state index is 15.4. The van der Waals surface area contributed by atoms with Gasteiger partial charge in [-0.1, -0.05) is 42.5 Å². The number of hydrogen-bond donors (Lipinski definition) is 0. The van der Waals surface area contributed by atoms with Gasteiger partial charge in [-0.25, -0.2) is 87.8 Å². The van der Waals surface area contributed by atoms with Crippen molar-refractivity contribution in [3.05, 3.63) is 199 Å². The minimum Gasteiger partial charge on any atom is -0.287 e. The lowest BCUT2D eigenvalue weighted by molar-refractivity contribution is -0.660. The summed E-state index contributed by atoms with van der Waals surface area (Å²) in [5, 5.41) is 11.8. The zero-order chi connectivity index (χ0) is 49.9. The van der Waals surface area contributed by atoms with E-state index in [2.05, 4.69) is 0 Å². The molecule has 7 rings (SSSR count). The average molecular weight is 972 g/mol. The molecule has 0 aliphatic rings. The summed E-state index contributed by atoms with van der Waals surface area (Å²) in [5.74, 6) is -71.5. The zero-order valence-electron chi connectivity index (χ0n) is 31.8. The molecule has 0 aliphatic heterocycles. The van der Waals surface area contributed by atoms with Gasteiger partial charge in [0.15, 0.2) is 69.8 Å². The number of para-hydroxylation sites is 1. The normalized spacial score (nSPS) is 11.5. The highest BCUT2D eigenvalue weighted by atomic mass is 19.2. The van der Waals surface area contributed by atoms with Crippen LogP contribution in [0.4, 0.5) is 93.5 Å². The quantitative estimate of drug-likeness (QED) is 0.0224. The van der Waals surface area contributed by atoms with E-state index in [9.17, 15) is 67.6 Å². The maximum absolute atomic E-state index is 15.4. The van der Waals surface area contributed by atoms with Gasteiger partial charge in [0.05, 0.1) is 10.3 Å². The van der Waals surface area contributed by atoms with Crippen molar-refractivity contribution in [3.8, 4) is 0 Å². The van der Waals surface area contributed by atoms with Crippen LogP contribution in [-0.2, 0) is 6.54 Å². The molecular weight excluding hydrogens is 959 g/mol. The van der Waals surface area contributed by atoms with Crippen molar-refractivity contribution < 1.29 is 102 Å². The molecular formula is C41H13BF20N2O3. The van der Waals surface area contributed by atoms with Crippen molar-refractivity contribution in [1.29, 1.82) is 0 Å². The van der Waals surface area contributed by atoms with E-state index in [4.69, 9.17) is 0 Å². The molecule has 0 aliphatic carbocycles. The van der Waals surface area contributed by atoms with Crippen molar-refractivity contribution in [1.82, 2.24) is 0 Å². The Labute approximate surface area is 357 Å². The number of hydrogen-bond acceptors (Lipinski definition) is 3. The lowest BCUT2D eigenvalue weighted by Crippen LogP contribution is -2.81. The summed E-state index contributed by atoms with van der Waals surface area (Å²) in [4.78, 5) is 23.0. The Bertz CT molecular complexity index is 2850. The molecule has 7 aromatic rings. The summed E-state index contributed by atoms with van der Waals surface area (Å²) in [5.41, 5.74) is -13.0. The number of Topliss-reactive ketones (excluding diaryl/α,β-unsaturated/α-hetero) is 1. The Balaban J connectivity index is 0.000000279. The average Bonchev–Trinajstić information content (AvgIpc) is 3.31. The van der Waals surface area contributed by atoms with E-state index < -0.39 is 149 Å². The van der Waals surface area contributed by atoms with E-state index in [0.717, 1.165) is 10.9 Å². The largest absolute Gasteiger partial charge is 0.333 e. The molecule has 0 saturated heterocycles. The standard InChI is InChI=1S/C24BF20.C17H13N2O3/c26-5-1(6(27)14(35)21(42)13(5)34)25(2-7(28)15(36)22(43)16(37)8(2)29,3-9(30)17(38)23(44)18(39)10(3)31)4-11(32)19(40)24(45)20(41)12(4)33;20-17(13-6-2-1-3-7-13)12-18-11-15(19(21)22)10-14-8-4-5-9-16(14)18/h;1-11H,12H2/q-1;+1. The Kier molecular flexibility index (Phi) is 13.2. The van der Waals surface area contributed by atoms with Gasteiger partial charge in [-0.3, -0.25) is 14.9 Å². The van der Waals surface area contributed by atoms with Crippen LogP contribution in [0.3, 0.4) is 0 Å². The molecule has 0 amide bonds. The van der Waals surface area contributed by atoms with Gasteiger partial charge in [0.2, 0.25) is 24.0 Å². The fourth-order valence-electron chi connectivity index (χ4n) is 7.27. The fraction of sp³-hybridized carbons (Fsp3) is 0.0244. The second-order valence-corrected chi connectivity index (χ2v) is 13.7. The number of nitrogens with zero attached hydrogens (tertiary/aromatic N) is 2. The fourth-order valence-corrected chi connectivity index (χ4v) is 7.27. The summed E-state index contributed by atoms with van der Waals surface area (Å²) in [6, 6.07) is 17.7. The summed E-state index contributed by atoms with van der Waals surface area (Å²) in [7, 11) is 0. The number of ketones is 1. The molecule has 0 bridgehead atoms. The summed E-state index contributed by atoms with van der Waals surface area (Å²) in [6.07, 6.45) is -5.81. The maximum Gasteiger partial charge on any atom is 0.333 e. The van der Waals surface area contributed by atoms with Crippen LogP contribution in [0.1, 0.15) is 10.4 Å². The minimum atomic E-state index is -7.22. The van der Waals surface area contributed by atoms with Crippen LogP contribution >= 0.6 is 0 Å². The summed E-state index contributed by atoms with van der Waals surface area (Å²) < 4.78 is 296. The molecule has 6 aromatic carbocycles. The van der Waals surface area contributed by atoms with Gasteiger partial charge >= 0.3 is 5.69 Å². The van der Waals surface area contributed by atoms with E-state index in [1.165, 1.54) is 12.3 Å². The van der Waals surface area contributed by atoms with E-state index in [1.54, 1.807) is 34.9 Å². The summed E-state index contributed by atoms with van der Waals surface area (Å²) >= 11 is 0. The van der Waals surface area contributed by atoms with Crippen LogP contribution in [0.15, 0.2) is 66.9 Å². The van der Waals surface area contributed by atoms with E-state index in [0.29, 0.717) is 5.56 Å². The Morgan fingerprint density at radius 1 is 0.433 bits per heavy atom. The van der Waals surface area contributed by atoms with Crippen LogP contribution in [0.2, 0.25) is 0 Å². The smallest absolute Gasteiger partial charge is 0.287 e. The van der Waals surface area contributed by atoms with Gasteiger partial charge in [-0.2, -0.15) is 4.57 Å². The molecule has 0 atom stereocenters. The van der Waals surface area contributed by atoms with Gasteiger partial charge in [0, 0.05) is 17.7 Å². The van der Waals surface area contributed by atoms with Gasteiger partial charge in [0.1, 0.15) is 52.7 Å². The molecule has 0 fully saturated rings. The van der Waals surface area contributed by atoms with Crippen LogP contribution < -0.4 is 26.4 Å². The Morgan fingerprint density at radius 3 is 1.03 bits per heavy atom. The molecule has 0 saturated carbocycles. The highest BCUT2D eigenvalue weighted by molar-refractivity contribution is 7.20. The van der Waals surface area contributed by atoms with Gasteiger partial charge in [-0.05, 0) is 6.07 Å². The van der Waals surface area contributed by atoms with Gasteiger partial charge < -0.3 is 0 Å². The molecule has 1 aromatic heterocycles. The lowest BCUT2D eigenvalue weighted by atomic mass is 9.12. The SMILES string of the molecule is Fc1c(F)c(F)c([B-](c2c(F)c(F)c(F)c(F)c2F)(c2c(F)c(F)c(F)c(F)c2F)c2c(F)c(F)c(F)c(F)c2F)c(F)c1F.O=C(C[n+]1cc([N+](=O)[O-])cc2ccccc21)c1ccccc1. The first kappa shape index (κ1) is 48.9. The minimum absolute atomic E-state index is 0.0282. The third-order valence-corrected chi connectivity index (χ3v) is 10.2. The Morgan fingerprint density at radius 2 is 0.716 bits per heavy atom. The van der Waals surface area contributed by atoms with Crippen molar-refractivity contribution in [2.45, 2.75) is 6.54 Å². The van der Waals surface area contributed by atoms with Crippen molar-refractivity contribution in [3.63, 3.8) is 0 Å². The van der Waals surface area contributed by atoms with Crippen molar-refractivity contribution in [2.75, 3.05) is 0 Å². The number of rotatable bonds is 8. The third-order valence-electron chi connectivity index (χ3n) is 10.2. The topological polar surface area (TPSA) is 64.1 Å². The highest BCUT2D eigenvalue weighted by Gasteiger charge is 2.52. The molecule has 5 nitrogen and oxygen atoms in total. The van der Waals surface area contributed by atoms with Crippen LogP contribution in [0, 0.1) is 126 Å². The molecule has 0 spiro atoms. The van der Waals surface area contributed by atoms with E-state index >= 15 is 35.1 Å². The molecule has 0 N–H and O–H groups in total. The molecule has 0 radical (unpaired) electrons. The molecule has 0 unspecified atom stereocenters. The van der Waals surface area contributed by atoms with E-state index in [1.807, 2.05) is 24.3 Å². The first-order valence-corrected chi connectivity index (χ1v) is 17.7. The number of nitro groups is 1. The highest BCUT2D eigenvalue weighted by Crippen LogP contribution is 2.31. The first-order chi connectivity index (χ1) is 31.3.